The molecule has 0 aliphatic rings. The first kappa shape index (κ1) is 16.5. The van der Waals surface area contributed by atoms with Crippen LogP contribution in [0.1, 0.15) is 22.8 Å². The Balaban J connectivity index is 1.82. The van der Waals surface area contributed by atoms with Crippen LogP contribution in [0.4, 0.5) is 0 Å². The normalized spacial score (nSPS) is 10.0. The van der Waals surface area contributed by atoms with Crippen LogP contribution in [0.5, 0.6) is 11.5 Å². The molecule has 0 unspecified atom stereocenters. The van der Waals surface area contributed by atoms with Crippen molar-refractivity contribution in [1.29, 1.82) is 0 Å². The van der Waals surface area contributed by atoms with Gasteiger partial charge in [0.15, 0.2) is 12.4 Å². The van der Waals surface area contributed by atoms with Gasteiger partial charge in [0.05, 0.1) is 7.11 Å². The van der Waals surface area contributed by atoms with E-state index >= 15 is 0 Å². The van der Waals surface area contributed by atoms with E-state index < -0.39 is 0 Å². The van der Waals surface area contributed by atoms with Gasteiger partial charge in [0.1, 0.15) is 11.5 Å². The molecule has 120 valence electrons. The predicted octanol–water partition coefficient (Wildman–Crippen LogP) is 2.59. The molecule has 0 fully saturated rings. The molecule has 0 radical (unpaired) electrons. The van der Waals surface area contributed by atoms with Crippen LogP contribution >= 0.6 is 0 Å². The van der Waals surface area contributed by atoms with Gasteiger partial charge in [0.25, 0.3) is 5.91 Å². The van der Waals surface area contributed by atoms with Gasteiger partial charge in [0, 0.05) is 17.7 Å². The zero-order valence-corrected chi connectivity index (χ0v) is 13.2. The summed E-state index contributed by atoms with van der Waals surface area (Å²) >= 11 is 0. The number of carbonyl (C=O) groups excluding carboxylic acids is 2. The van der Waals surface area contributed by atoms with Crippen molar-refractivity contribution in [3.63, 3.8) is 0 Å². The van der Waals surface area contributed by atoms with Crippen molar-refractivity contribution in [3.8, 4) is 11.5 Å². The van der Waals surface area contributed by atoms with Gasteiger partial charge in [-0.05, 0) is 37.3 Å². The van der Waals surface area contributed by atoms with Gasteiger partial charge in [-0.2, -0.15) is 0 Å². The molecular formula is C18H19NO4. The lowest BCUT2D eigenvalue weighted by atomic mass is 10.1. The number of nitrogens with one attached hydrogen (secondary N) is 1. The standard InChI is InChI=1S/C18H19NO4/c1-13(20)14-7-9-16(10-8-14)23-12-18(21)19-11-15-5-3-4-6-17(15)22-2/h3-10H,11-12H2,1-2H3,(H,19,21). The molecule has 1 amide bonds. The van der Waals surface area contributed by atoms with Gasteiger partial charge >= 0.3 is 0 Å². The van der Waals surface area contributed by atoms with E-state index in [4.69, 9.17) is 9.47 Å². The largest absolute Gasteiger partial charge is 0.496 e. The van der Waals surface area contributed by atoms with Gasteiger partial charge in [-0.1, -0.05) is 18.2 Å². The lowest BCUT2D eigenvalue weighted by molar-refractivity contribution is -0.123. The Morgan fingerprint density at radius 2 is 1.74 bits per heavy atom. The van der Waals surface area contributed by atoms with Crippen molar-refractivity contribution in [2.75, 3.05) is 13.7 Å². The second-order valence-electron chi connectivity index (χ2n) is 4.96. The van der Waals surface area contributed by atoms with Crippen LogP contribution in [-0.4, -0.2) is 25.4 Å². The van der Waals surface area contributed by atoms with Crippen LogP contribution in [0, 0.1) is 0 Å². The van der Waals surface area contributed by atoms with Crippen LogP contribution in [0.2, 0.25) is 0 Å². The van der Waals surface area contributed by atoms with Crippen molar-refractivity contribution in [2.45, 2.75) is 13.5 Å². The molecule has 0 atom stereocenters. The third-order valence-corrected chi connectivity index (χ3v) is 3.30. The SMILES string of the molecule is COc1ccccc1CNC(=O)COc1ccc(C(C)=O)cc1. The average molecular weight is 313 g/mol. The molecule has 0 heterocycles. The molecule has 0 aliphatic carbocycles. The molecule has 0 aliphatic heterocycles. The van der Waals surface area contributed by atoms with E-state index in [0.29, 0.717) is 17.9 Å². The lowest BCUT2D eigenvalue weighted by Crippen LogP contribution is -2.28. The number of hydrogen-bond acceptors (Lipinski definition) is 4. The number of amides is 1. The van der Waals surface area contributed by atoms with E-state index in [1.54, 1.807) is 31.4 Å². The Morgan fingerprint density at radius 3 is 2.39 bits per heavy atom. The second-order valence-corrected chi connectivity index (χ2v) is 4.96. The van der Waals surface area contributed by atoms with E-state index in [0.717, 1.165) is 11.3 Å². The first-order valence-electron chi connectivity index (χ1n) is 7.22. The molecule has 0 saturated carbocycles. The number of methoxy groups -OCH3 is 1. The summed E-state index contributed by atoms with van der Waals surface area (Å²) in [4.78, 5) is 23.0. The maximum absolute atomic E-state index is 11.8. The summed E-state index contributed by atoms with van der Waals surface area (Å²) in [6.07, 6.45) is 0. The fourth-order valence-electron chi connectivity index (χ4n) is 2.03. The average Bonchev–Trinajstić information content (AvgIpc) is 2.58. The number of ketones is 1. The second kappa shape index (κ2) is 7.98. The fraction of sp³-hybridized carbons (Fsp3) is 0.222. The smallest absolute Gasteiger partial charge is 0.258 e. The van der Waals surface area contributed by atoms with Crippen molar-refractivity contribution in [3.05, 3.63) is 59.7 Å². The van der Waals surface area contributed by atoms with Crippen LogP contribution in [0.3, 0.4) is 0 Å². The number of carbonyl (C=O) groups is 2. The van der Waals surface area contributed by atoms with Crippen LogP contribution < -0.4 is 14.8 Å². The number of hydrogen-bond donors (Lipinski definition) is 1. The molecule has 2 aromatic rings. The van der Waals surface area contributed by atoms with E-state index in [2.05, 4.69) is 5.32 Å². The Labute approximate surface area is 135 Å². The zero-order valence-electron chi connectivity index (χ0n) is 13.2. The van der Waals surface area contributed by atoms with Crippen LogP contribution in [0.25, 0.3) is 0 Å². The molecular weight excluding hydrogens is 294 g/mol. The summed E-state index contributed by atoms with van der Waals surface area (Å²) in [5.41, 5.74) is 1.51. The predicted molar refractivity (Wildman–Crippen MR) is 86.8 cm³/mol. The molecule has 0 bridgehead atoms. The highest BCUT2D eigenvalue weighted by molar-refractivity contribution is 5.94. The molecule has 2 rings (SSSR count). The Bertz CT molecular complexity index is 680. The minimum atomic E-state index is -0.230. The maximum atomic E-state index is 11.8. The molecule has 23 heavy (non-hydrogen) atoms. The fourth-order valence-corrected chi connectivity index (χ4v) is 2.03. The van der Waals surface area contributed by atoms with Crippen molar-refractivity contribution < 1.29 is 19.1 Å². The van der Waals surface area contributed by atoms with Gasteiger partial charge < -0.3 is 14.8 Å². The van der Waals surface area contributed by atoms with E-state index in [1.807, 2.05) is 24.3 Å². The lowest BCUT2D eigenvalue weighted by Gasteiger charge is -2.10. The summed E-state index contributed by atoms with van der Waals surface area (Å²) in [7, 11) is 1.59. The highest BCUT2D eigenvalue weighted by atomic mass is 16.5. The monoisotopic (exact) mass is 313 g/mol. The third-order valence-electron chi connectivity index (χ3n) is 3.30. The van der Waals surface area contributed by atoms with Gasteiger partial charge in [-0.25, -0.2) is 0 Å². The number of benzene rings is 2. The Hall–Kier alpha value is -2.82. The number of rotatable bonds is 7. The van der Waals surface area contributed by atoms with Gasteiger partial charge in [-0.3, -0.25) is 9.59 Å². The Morgan fingerprint density at radius 1 is 1.04 bits per heavy atom. The van der Waals surface area contributed by atoms with Crippen LogP contribution in [-0.2, 0) is 11.3 Å². The maximum Gasteiger partial charge on any atom is 0.258 e. The topological polar surface area (TPSA) is 64.6 Å². The first-order chi connectivity index (χ1) is 11.1. The number of para-hydroxylation sites is 1. The summed E-state index contributed by atoms with van der Waals surface area (Å²) in [5.74, 6) is 1.04. The molecule has 5 heteroatoms. The zero-order chi connectivity index (χ0) is 16.7. The van der Waals surface area contributed by atoms with Gasteiger partial charge in [0.2, 0.25) is 0 Å². The minimum absolute atomic E-state index is 0.00824. The molecule has 1 N–H and O–H groups in total. The highest BCUT2D eigenvalue weighted by Crippen LogP contribution is 2.16. The van der Waals surface area contributed by atoms with Crippen molar-refractivity contribution >= 4 is 11.7 Å². The number of Topliss-reactive ketones (excluding diaryl/α,β-unsaturated/α-hetero) is 1. The van der Waals surface area contributed by atoms with Crippen LogP contribution in [0.15, 0.2) is 48.5 Å². The van der Waals surface area contributed by atoms with Gasteiger partial charge in [-0.15, -0.1) is 0 Å². The van der Waals surface area contributed by atoms with E-state index in [1.165, 1.54) is 6.92 Å². The van der Waals surface area contributed by atoms with Crippen molar-refractivity contribution in [2.24, 2.45) is 0 Å². The summed E-state index contributed by atoms with van der Waals surface area (Å²) < 4.78 is 10.6. The quantitative estimate of drug-likeness (QED) is 0.798. The number of ether oxygens (including phenoxy) is 2. The van der Waals surface area contributed by atoms with E-state index in [-0.39, 0.29) is 18.3 Å². The third kappa shape index (κ3) is 4.85. The molecule has 5 nitrogen and oxygen atoms in total. The minimum Gasteiger partial charge on any atom is -0.496 e. The molecule has 0 aromatic heterocycles. The molecule has 2 aromatic carbocycles. The molecule has 0 saturated heterocycles. The first-order valence-corrected chi connectivity index (χ1v) is 7.22. The highest BCUT2D eigenvalue weighted by Gasteiger charge is 2.06. The summed E-state index contributed by atoms with van der Waals surface area (Å²) in [6.45, 7) is 1.78. The van der Waals surface area contributed by atoms with Crippen molar-refractivity contribution in [1.82, 2.24) is 5.32 Å². The summed E-state index contributed by atoms with van der Waals surface area (Å²) in [5, 5.41) is 2.78. The summed E-state index contributed by atoms with van der Waals surface area (Å²) in [6, 6.07) is 14.2. The van der Waals surface area contributed by atoms with E-state index in [9.17, 15) is 9.59 Å². The molecule has 0 spiro atoms. The Kier molecular flexibility index (Phi) is 5.74.